The number of rotatable bonds is 5. The van der Waals surface area contributed by atoms with Crippen molar-refractivity contribution in [2.24, 2.45) is 0 Å². The Balaban J connectivity index is 1.92. The van der Waals surface area contributed by atoms with Crippen LogP contribution in [-0.2, 0) is 16.0 Å². The van der Waals surface area contributed by atoms with E-state index in [2.05, 4.69) is 5.32 Å². The van der Waals surface area contributed by atoms with Crippen LogP contribution in [0.15, 0.2) is 54.6 Å². The van der Waals surface area contributed by atoms with Gasteiger partial charge in [0.2, 0.25) is 11.8 Å². The zero-order valence-electron chi connectivity index (χ0n) is 14.2. The first-order valence-electron chi connectivity index (χ1n) is 7.79. The molecule has 2 aromatic carbocycles. The number of likely N-dealkylation sites (N-methyl/N-ethyl adjacent to an activating group) is 1. The second-order valence-corrected chi connectivity index (χ2v) is 5.90. The predicted octanol–water partition coefficient (Wildman–Crippen LogP) is 3.28. The topological polar surface area (TPSA) is 49.4 Å². The highest BCUT2D eigenvalue weighted by molar-refractivity contribution is 6.01. The van der Waals surface area contributed by atoms with E-state index in [4.69, 9.17) is 0 Å². The molecule has 1 N–H and O–H groups in total. The molecule has 0 bridgehead atoms. The van der Waals surface area contributed by atoms with E-state index in [1.807, 2.05) is 43.3 Å². The maximum atomic E-state index is 11.9. The molecule has 124 valence electrons. The molecule has 2 amide bonds. The van der Waals surface area contributed by atoms with Gasteiger partial charge in [0.05, 0.1) is 6.42 Å². The van der Waals surface area contributed by atoms with Crippen molar-refractivity contribution >= 4 is 23.6 Å². The first-order chi connectivity index (χ1) is 11.4. The second kappa shape index (κ2) is 8.11. The Hall–Kier alpha value is -2.88. The van der Waals surface area contributed by atoms with Crippen molar-refractivity contribution in [3.8, 4) is 0 Å². The number of amides is 2. The Morgan fingerprint density at radius 2 is 1.62 bits per heavy atom. The van der Waals surface area contributed by atoms with E-state index in [1.165, 1.54) is 11.6 Å². The smallest absolute Gasteiger partial charge is 0.248 e. The van der Waals surface area contributed by atoms with E-state index in [9.17, 15) is 9.59 Å². The average molecular weight is 322 g/mol. The van der Waals surface area contributed by atoms with Gasteiger partial charge in [0, 0.05) is 25.9 Å². The molecule has 0 unspecified atom stereocenters. The molecular weight excluding hydrogens is 300 g/mol. The summed E-state index contributed by atoms with van der Waals surface area (Å²) in [7, 11) is 3.47. The number of aryl methyl sites for hydroxylation is 1. The molecule has 0 aliphatic rings. The summed E-state index contributed by atoms with van der Waals surface area (Å²) in [6.07, 6.45) is 3.64. The van der Waals surface area contributed by atoms with Crippen LogP contribution in [0.1, 0.15) is 16.7 Å². The minimum atomic E-state index is -0.187. The molecule has 0 heterocycles. The summed E-state index contributed by atoms with van der Waals surface area (Å²) >= 11 is 0. The zero-order valence-corrected chi connectivity index (χ0v) is 14.2. The molecule has 0 atom stereocenters. The normalized spacial score (nSPS) is 10.6. The van der Waals surface area contributed by atoms with Crippen LogP contribution in [0, 0.1) is 6.92 Å². The van der Waals surface area contributed by atoms with Crippen LogP contribution in [-0.4, -0.2) is 30.8 Å². The quantitative estimate of drug-likeness (QED) is 0.859. The van der Waals surface area contributed by atoms with Gasteiger partial charge in [-0.15, -0.1) is 0 Å². The Morgan fingerprint density at radius 3 is 2.21 bits per heavy atom. The van der Waals surface area contributed by atoms with E-state index in [1.54, 1.807) is 37.2 Å². The van der Waals surface area contributed by atoms with Crippen LogP contribution >= 0.6 is 0 Å². The Kier molecular flexibility index (Phi) is 5.90. The lowest BCUT2D eigenvalue weighted by molar-refractivity contribution is -0.128. The first kappa shape index (κ1) is 17.5. The molecule has 4 heteroatoms. The van der Waals surface area contributed by atoms with Gasteiger partial charge in [-0.05, 0) is 36.3 Å². The van der Waals surface area contributed by atoms with Gasteiger partial charge in [-0.3, -0.25) is 9.59 Å². The minimum Gasteiger partial charge on any atom is -0.349 e. The molecule has 0 aliphatic heterocycles. The molecular formula is C20H22N2O2. The fourth-order valence-electron chi connectivity index (χ4n) is 2.07. The maximum Gasteiger partial charge on any atom is 0.248 e. The Labute approximate surface area is 142 Å². The SMILES string of the molecule is Cc1ccc(/C=C/C(=O)Nc2ccc(CC(=O)N(C)C)cc2)cc1. The van der Waals surface area contributed by atoms with Crippen molar-refractivity contribution in [1.29, 1.82) is 0 Å². The van der Waals surface area contributed by atoms with Crippen LogP contribution in [0.4, 0.5) is 5.69 Å². The molecule has 0 saturated carbocycles. The summed E-state index contributed by atoms with van der Waals surface area (Å²) in [5.74, 6) is -0.138. The molecule has 0 aliphatic carbocycles. The van der Waals surface area contributed by atoms with Gasteiger partial charge in [-0.25, -0.2) is 0 Å². The molecule has 0 spiro atoms. The van der Waals surface area contributed by atoms with E-state index in [0.717, 1.165) is 11.1 Å². The Bertz CT molecular complexity index is 729. The zero-order chi connectivity index (χ0) is 17.5. The van der Waals surface area contributed by atoms with Gasteiger partial charge >= 0.3 is 0 Å². The van der Waals surface area contributed by atoms with Gasteiger partial charge in [0.15, 0.2) is 0 Å². The highest BCUT2D eigenvalue weighted by Crippen LogP contribution is 2.11. The van der Waals surface area contributed by atoms with Crippen molar-refractivity contribution < 1.29 is 9.59 Å². The molecule has 0 radical (unpaired) electrons. The second-order valence-electron chi connectivity index (χ2n) is 5.90. The lowest BCUT2D eigenvalue weighted by atomic mass is 10.1. The van der Waals surface area contributed by atoms with Gasteiger partial charge in [0.25, 0.3) is 0 Å². The van der Waals surface area contributed by atoms with Crippen LogP contribution in [0.3, 0.4) is 0 Å². The summed E-state index contributed by atoms with van der Waals surface area (Å²) < 4.78 is 0. The lowest BCUT2D eigenvalue weighted by Crippen LogP contribution is -2.23. The maximum absolute atomic E-state index is 11.9. The van der Waals surface area contributed by atoms with Gasteiger partial charge in [0.1, 0.15) is 0 Å². The fourth-order valence-corrected chi connectivity index (χ4v) is 2.07. The summed E-state index contributed by atoms with van der Waals surface area (Å²) in [4.78, 5) is 25.2. The van der Waals surface area contributed by atoms with E-state index < -0.39 is 0 Å². The van der Waals surface area contributed by atoms with Crippen molar-refractivity contribution in [1.82, 2.24) is 4.90 Å². The first-order valence-corrected chi connectivity index (χ1v) is 7.79. The molecule has 2 aromatic rings. The number of hydrogen-bond acceptors (Lipinski definition) is 2. The third-order valence-corrected chi connectivity index (χ3v) is 3.58. The third kappa shape index (κ3) is 5.39. The van der Waals surface area contributed by atoms with E-state index in [-0.39, 0.29) is 11.8 Å². The summed E-state index contributed by atoms with van der Waals surface area (Å²) in [5, 5.41) is 2.81. The van der Waals surface area contributed by atoms with Gasteiger partial charge in [-0.2, -0.15) is 0 Å². The highest BCUT2D eigenvalue weighted by atomic mass is 16.2. The average Bonchev–Trinajstić information content (AvgIpc) is 2.56. The highest BCUT2D eigenvalue weighted by Gasteiger charge is 2.05. The van der Waals surface area contributed by atoms with Crippen LogP contribution < -0.4 is 5.32 Å². The molecule has 0 saturated heterocycles. The number of nitrogens with zero attached hydrogens (tertiary/aromatic N) is 1. The number of hydrogen-bond donors (Lipinski definition) is 1. The Morgan fingerprint density at radius 1 is 1.00 bits per heavy atom. The van der Waals surface area contributed by atoms with Crippen LogP contribution in [0.5, 0.6) is 0 Å². The van der Waals surface area contributed by atoms with Gasteiger partial charge in [-0.1, -0.05) is 42.0 Å². The number of carbonyl (C=O) groups is 2. The molecule has 0 fully saturated rings. The number of anilines is 1. The third-order valence-electron chi connectivity index (χ3n) is 3.58. The molecule has 0 aromatic heterocycles. The fraction of sp³-hybridized carbons (Fsp3) is 0.200. The summed E-state index contributed by atoms with van der Waals surface area (Å²) in [6.45, 7) is 2.02. The van der Waals surface area contributed by atoms with Crippen molar-refractivity contribution in [2.45, 2.75) is 13.3 Å². The standard InChI is InChI=1S/C20H22N2O2/c1-15-4-6-16(7-5-15)10-13-19(23)21-18-11-8-17(9-12-18)14-20(24)22(2)3/h4-13H,14H2,1-3H3,(H,21,23)/b13-10+. The largest absolute Gasteiger partial charge is 0.349 e. The summed E-state index contributed by atoms with van der Waals surface area (Å²) in [5.41, 5.74) is 3.79. The lowest BCUT2D eigenvalue weighted by Gasteiger charge is -2.10. The molecule has 4 nitrogen and oxygen atoms in total. The van der Waals surface area contributed by atoms with E-state index in [0.29, 0.717) is 12.1 Å². The van der Waals surface area contributed by atoms with E-state index >= 15 is 0 Å². The molecule has 2 rings (SSSR count). The number of nitrogens with one attached hydrogen (secondary N) is 1. The van der Waals surface area contributed by atoms with Crippen molar-refractivity contribution in [3.63, 3.8) is 0 Å². The van der Waals surface area contributed by atoms with Crippen LogP contribution in [0.25, 0.3) is 6.08 Å². The van der Waals surface area contributed by atoms with Crippen molar-refractivity contribution in [3.05, 3.63) is 71.3 Å². The number of benzene rings is 2. The van der Waals surface area contributed by atoms with Crippen molar-refractivity contribution in [2.75, 3.05) is 19.4 Å². The number of carbonyl (C=O) groups excluding carboxylic acids is 2. The predicted molar refractivity (Wildman–Crippen MR) is 97.7 cm³/mol. The van der Waals surface area contributed by atoms with Crippen LogP contribution in [0.2, 0.25) is 0 Å². The molecule has 24 heavy (non-hydrogen) atoms. The summed E-state index contributed by atoms with van der Waals surface area (Å²) in [6, 6.07) is 15.2. The monoisotopic (exact) mass is 322 g/mol. The minimum absolute atomic E-state index is 0.0489. The van der Waals surface area contributed by atoms with Gasteiger partial charge < -0.3 is 10.2 Å².